The number of amides is 1. The van der Waals surface area contributed by atoms with Gasteiger partial charge >= 0.3 is 0 Å². The number of hydrogen-bond donors (Lipinski definition) is 2. The number of carbonyl (C=O) groups excluding carboxylic acids is 1. The Labute approximate surface area is 70.8 Å². The largest absolute Gasteiger partial charge is 0.389 e. The summed E-state index contributed by atoms with van der Waals surface area (Å²) in [4.78, 5) is 10.8. The number of hydrogen-bond acceptors (Lipinski definition) is 2. The number of nitrogens with two attached hydrogens (primary N) is 1. The molecule has 3 nitrogen and oxygen atoms in total. The second-order valence-electron chi connectivity index (χ2n) is 2.63. The Morgan fingerprint density at radius 1 is 1.50 bits per heavy atom. The monoisotopic (exact) mass is 165 g/mol. The zero-order chi connectivity index (χ0) is 9.14. The van der Waals surface area contributed by atoms with Crippen LogP contribution in [0.4, 0.5) is 0 Å². The Morgan fingerprint density at radius 3 is 2.50 bits per heavy atom. The van der Waals surface area contributed by atoms with Gasteiger partial charge < -0.3 is 10.8 Å². The quantitative estimate of drug-likeness (QED) is 0.682. The van der Waals surface area contributed by atoms with Gasteiger partial charge in [-0.1, -0.05) is 18.2 Å². The molecule has 0 fully saturated rings. The molecule has 12 heavy (non-hydrogen) atoms. The van der Waals surface area contributed by atoms with Crippen LogP contribution in [-0.4, -0.2) is 11.0 Å². The van der Waals surface area contributed by atoms with Crippen molar-refractivity contribution in [3.63, 3.8) is 0 Å². The first kappa shape index (κ1) is 8.74. The SMILES string of the molecule is C[C@H](O)c1ccccc1C(N)=O. The molecule has 3 N–H and O–H groups in total. The van der Waals surface area contributed by atoms with E-state index in [0.29, 0.717) is 11.1 Å². The highest BCUT2D eigenvalue weighted by Crippen LogP contribution is 2.16. The van der Waals surface area contributed by atoms with Gasteiger partial charge in [0, 0.05) is 5.56 Å². The molecular weight excluding hydrogens is 154 g/mol. The van der Waals surface area contributed by atoms with Crippen molar-refractivity contribution in [3.8, 4) is 0 Å². The second kappa shape index (κ2) is 3.36. The van der Waals surface area contributed by atoms with Crippen LogP contribution in [0.2, 0.25) is 0 Å². The van der Waals surface area contributed by atoms with Crippen molar-refractivity contribution >= 4 is 5.91 Å². The van der Waals surface area contributed by atoms with Crippen LogP contribution >= 0.6 is 0 Å². The molecule has 0 radical (unpaired) electrons. The Bertz CT molecular complexity index is 294. The highest BCUT2D eigenvalue weighted by molar-refractivity contribution is 5.94. The van der Waals surface area contributed by atoms with Crippen LogP contribution < -0.4 is 5.73 Å². The number of aliphatic hydroxyl groups excluding tert-OH is 1. The van der Waals surface area contributed by atoms with Crippen molar-refractivity contribution in [2.75, 3.05) is 0 Å². The maximum Gasteiger partial charge on any atom is 0.249 e. The third-order valence-corrected chi connectivity index (χ3v) is 1.68. The van der Waals surface area contributed by atoms with Crippen LogP contribution in [-0.2, 0) is 0 Å². The summed E-state index contributed by atoms with van der Waals surface area (Å²) in [5.74, 6) is -0.508. The lowest BCUT2D eigenvalue weighted by molar-refractivity contribution is 0.0994. The van der Waals surface area contributed by atoms with E-state index in [4.69, 9.17) is 5.73 Å². The van der Waals surface area contributed by atoms with Crippen LogP contribution in [0.25, 0.3) is 0 Å². The van der Waals surface area contributed by atoms with Gasteiger partial charge in [-0.15, -0.1) is 0 Å². The number of aliphatic hydroxyl groups is 1. The molecule has 0 aromatic heterocycles. The highest BCUT2D eigenvalue weighted by Gasteiger charge is 2.10. The lowest BCUT2D eigenvalue weighted by Gasteiger charge is -2.07. The summed E-state index contributed by atoms with van der Waals surface area (Å²) in [5, 5.41) is 9.25. The fraction of sp³-hybridized carbons (Fsp3) is 0.222. The zero-order valence-electron chi connectivity index (χ0n) is 6.82. The molecule has 0 aliphatic carbocycles. The van der Waals surface area contributed by atoms with Crippen molar-refractivity contribution < 1.29 is 9.90 Å². The Kier molecular flexibility index (Phi) is 2.45. The first-order chi connectivity index (χ1) is 5.63. The topological polar surface area (TPSA) is 63.3 Å². The van der Waals surface area contributed by atoms with Gasteiger partial charge in [0.15, 0.2) is 0 Å². The van der Waals surface area contributed by atoms with E-state index in [-0.39, 0.29) is 0 Å². The van der Waals surface area contributed by atoms with Crippen LogP contribution in [0.1, 0.15) is 28.9 Å². The Hall–Kier alpha value is -1.35. The first-order valence-electron chi connectivity index (χ1n) is 3.69. The van der Waals surface area contributed by atoms with Crippen LogP contribution in [0.15, 0.2) is 24.3 Å². The summed E-state index contributed by atoms with van der Waals surface area (Å²) in [7, 11) is 0. The Balaban J connectivity index is 3.17. The first-order valence-corrected chi connectivity index (χ1v) is 3.69. The average molecular weight is 165 g/mol. The molecule has 0 heterocycles. The molecule has 0 bridgehead atoms. The number of primary amides is 1. The van der Waals surface area contributed by atoms with E-state index in [9.17, 15) is 9.90 Å². The van der Waals surface area contributed by atoms with Crippen LogP contribution in [0.3, 0.4) is 0 Å². The molecule has 0 aliphatic heterocycles. The lowest BCUT2D eigenvalue weighted by atomic mass is 10.0. The zero-order valence-corrected chi connectivity index (χ0v) is 6.82. The van der Waals surface area contributed by atoms with Gasteiger partial charge in [0.05, 0.1) is 6.10 Å². The molecule has 0 aliphatic rings. The Morgan fingerprint density at radius 2 is 2.08 bits per heavy atom. The third kappa shape index (κ3) is 1.62. The molecule has 1 atom stereocenters. The fourth-order valence-corrected chi connectivity index (χ4v) is 1.09. The molecule has 0 saturated carbocycles. The molecule has 1 rings (SSSR count). The molecule has 0 saturated heterocycles. The highest BCUT2D eigenvalue weighted by atomic mass is 16.3. The molecule has 3 heteroatoms. The van der Waals surface area contributed by atoms with E-state index < -0.39 is 12.0 Å². The number of rotatable bonds is 2. The minimum Gasteiger partial charge on any atom is -0.389 e. The predicted octanol–water partition coefficient (Wildman–Crippen LogP) is 0.839. The van der Waals surface area contributed by atoms with Crippen LogP contribution in [0, 0.1) is 0 Å². The smallest absolute Gasteiger partial charge is 0.249 e. The molecule has 1 aromatic rings. The maximum absolute atomic E-state index is 10.8. The molecule has 0 unspecified atom stereocenters. The predicted molar refractivity (Wildman–Crippen MR) is 45.6 cm³/mol. The van der Waals surface area contributed by atoms with E-state index in [2.05, 4.69) is 0 Å². The fourth-order valence-electron chi connectivity index (χ4n) is 1.09. The summed E-state index contributed by atoms with van der Waals surface area (Å²) >= 11 is 0. The molecule has 1 aromatic carbocycles. The standard InChI is InChI=1S/C9H11NO2/c1-6(11)7-4-2-3-5-8(7)9(10)12/h2-6,11H,1H3,(H2,10,12)/t6-/m0/s1. The second-order valence-corrected chi connectivity index (χ2v) is 2.63. The summed E-state index contributed by atoms with van der Waals surface area (Å²) in [6.07, 6.45) is -0.659. The number of benzene rings is 1. The van der Waals surface area contributed by atoms with Gasteiger partial charge in [0.2, 0.25) is 5.91 Å². The normalized spacial score (nSPS) is 12.5. The van der Waals surface area contributed by atoms with Gasteiger partial charge in [-0.05, 0) is 18.6 Å². The van der Waals surface area contributed by atoms with Crippen molar-refractivity contribution in [1.29, 1.82) is 0 Å². The summed E-state index contributed by atoms with van der Waals surface area (Å²) in [5.41, 5.74) is 6.06. The minimum atomic E-state index is -0.659. The van der Waals surface area contributed by atoms with E-state index in [1.807, 2.05) is 0 Å². The third-order valence-electron chi connectivity index (χ3n) is 1.68. The van der Waals surface area contributed by atoms with Gasteiger partial charge in [-0.25, -0.2) is 0 Å². The van der Waals surface area contributed by atoms with Crippen molar-refractivity contribution in [2.24, 2.45) is 5.73 Å². The van der Waals surface area contributed by atoms with E-state index in [1.165, 1.54) is 0 Å². The lowest BCUT2D eigenvalue weighted by Crippen LogP contribution is -2.14. The maximum atomic E-state index is 10.8. The van der Waals surface area contributed by atoms with Gasteiger partial charge in [-0.2, -0.15) is 0 Å². The summed E-state index contributed by atoms with van der Waals surface area (Å²) in [6.45, 7) is 1.60. The molecular formula is C9H11NO2. The van der Waals surface area contributed by atoms with Gasteiger partial charge in [0.25, 0.3) is 0 Å². The van der Waals surface area contributed by atoms with E-state index >= 15 is 0 Å². The van der Waals surface area contributed by atoms with Crippen molar-refractivity contribution in [3.05, 3.63) is 35.4 Å². The molecule has 1 amide bonds. The molecule has 64 valence electrons. The van der Waals surface area contributed by atoms with Crippen molar-refractivity contribution in [1.82, 2.24) is 0 Å². The van der Waals surface area contributed by atoms with E-state index in [1.54, 1.807) is 31.2 Å². The van der Waals surface area contributed by atoms with E-state index in [0.717, 1.165) is 0 Å². The average Bonchev–Trinajstić information content (AvgIpc) is 2.04. The van der Waals surface area contributed by atoms with Crippen LogP contribution in [0.5, 0.6) is 0 Å². The molecule has 0 spiro atoms. The van der Waals surface area contributed by atoms with Gasteiger partial charge in [-0.3, -0.25) is 4.79 Å². The van der Waals surface area contributed by atoms with Gasteiger partial charge in [0.1, 0.15) is 0 Å². The minimum absolute atomic E-state index is 0.382. The van der Waals surface area contributed by atoms with Crippen molar-refractivity contribution in [2.45, 2.75) is 13.0 Å². The number of carbonyl (C=O) groups is 1. The summed E-state index contributed by atoms with van der Waals surface area (Å²) in [6, 6.07) is 6.76. The summed E-state index contributed by atoms with van der Waals surface area (Å²) < 4.78 is 0.